The molecule has 0 saturated heterocycles. The number of H-pyrrole nitrogens is 1. The minimum Gasteiger partial charge on any atom is -0.294 e. The summed E-state index contributed by atoms with van der Waals surface area (Å²) in [6.07, 6.45) is 3.26. The summed E-state index contributed by atoms with van der Waals surface area (Å²) >= 11 is 0. The highest BCUT2D eigenvalue weighted by Crippen LogP contribution is 2.22. The van der Waals surface area contributed by atoms with Crippen LogP contribution in [-0.4, -0.2) is 16.0 Å². The molecule has 3 nitrogen and oxygen atoms in total. The first-order valence-corrected chi connectivity index (χ1v) is 3.83. The lowest BCUT2D eigenvalue weighted by Gasteiger charge is -2.15. The second kappa shape index (κ2) is 2.19. The Bertz CT molecular complexity index is 290. The number of carbonyl (C=O) groups is 1. The van der Waals surface area contributed by atoms with Gasteiger partial charge in [0.05, 0.1) is 11.8 Å². The fourth-order valence-corrected chi connectivity index (χ4v) is 1.56. The first-order valence-electron chi connectivity index (χ1n) is 3.83. The first kappa shape index (κ1) is 6.58. The smallest absolute Gasteiger partial charge is 0.166 e. The third-order valence-corrected chi connectivity index (χ3v) is 2.11. The van der Waals surface area contributed by atoms with Gasteiger partial charge in [0.2, 0.25) is 0 Å². The molecule has 2 rings (SSSR count). The van der Waals surface area contributed by atoms with Gasteiger partial charge in [0.1, 0.15) is 0 Å². The lowest BCUT2D eigenvalue weighted by atomic mass is 9.89. The molecule has 0 aromatic carbocycles. The van der Waals surface area contributed by atoms with E-state index in [4.69, 9.17) is 0 Å². The van der Waals surface area contributed by atoms with Crippen molar-refractivity contribution in [1.82, 2.24) is 10.2 Å². The molecule has 1 heterocycles. The molecule has 58 valence electrons. The van der Waals surface area contributed by atoms with Gasteiger partial charge in [-0.25, -0.2) is 0 Å². The predicted octanol–water partition coefficient (Wildman–Crippen LogP) is 1.17. The van der Waals surface area contributed by atoms with E-state index in [0.717, 1.165) is 17.7 Å². The van der Waals surface area contributed by atoms with Crippen molar-refractivity contribution in [3.63, 3.8) is 0 Å². The maximum atomic E-state index is 11.3. The van der Waals surface area contributed by atoms with Crippen LogP contribution in [0.5, 0.6) is 0 Å². The van der Waals surface area contributed by atoms with E-state index in [2.05, 4.69) is 17.1 Å². The number of ketones is 1. The highest BCUT2D eigenvalue weighted by Gasteiger charge is 2.23. The van der Waals surface area contributed by atoms with Crippen LogP contribution in [0, 0.1) is 5.92 Å². The maximum Gasteiger partial charge on any atom is 0.166 e. The van der Waals surface area contributed by atoms with Gasteiger partial charge in [-0.3, -0.25) is 9.89 Å². The molecule has 1 aliphatic rings. The minimum absolute atomic E-state index is 0.229. The Kier molecular flexibility index (Phi) is 1.31. The normalized spacial score (nSPS) is 23.4. The third kappa shape index (κ3) is 0.964. The van der Waals surface area contributed by atoms with Gasteiger partial charge in [0.15, 0.2) is 5.78 Å². The number of nitrogens with one attached hydrogen (secondary N) is 1. The van der Waals surface area contributed by atoms with Crippen LogP contribution >= 0.6 is 0 Å². The minimum atomic E-state index is 0.229. The van der Waals surface area contributed by atoms with Crippen molar-refractivity contribution < 1.29 is 4.79 Å². The Balaban J connectivity index is 2.44. The molecular weight excluding hydrogens is 140 g/mol. The lowest BCUT2D eigenvalue weighted by molar-refractivity contribution is 0.0953. The highest BCUT2D eigenvalue weighted by atomic mass is 16.1. The van der Waals surface area contributed by atoms with E-state index in [1.54, 1.807) is 6.20 Å². The molecule has 11 heavy (non-hydrogen) atoms. The zero-order valence-electron chi connectivity index (χ0n) is 6.42. The lowest BCUT2D eigenvalue weighted by Crippen LogP contribution is -2.16. The zero-order valence-corrected chi connectivity index (χ0v) is 6.42. The van der Waals surface area contributed by atoms with E-state index >= 15 is 0 Å². The van der Waals surface area contributed by atoms with Crippen LogP contribution in [0.3, 0.4) is 0 Å². The van der Waals surface area contributed by atoms with Gasteiger partial charge in [0.25, 0.3) is 0 Å². The maximum absolute atomic E-state index is 11.3. The number of carbonyl (C=O) groups excluding carboxylic acids is 1. The summed E-state index contributed by atoms with van der Waals surface area (Å²) in [5.74, 6) is 0.697. The van der Waals surface area contributed by atoms with Crippen molar-refractivity contribution in [1.29, 1.82) is 0 Å². The summed E-state index contributed by atoms with van der Waals surface area (Å²) in [5.41, 5.74) is 1.80. The highest BCUT2D eigenvalue weighted by molar-refractivity contribution is 5.97. The zero-order chi connectivity index (χ0) is 7.84. The van der Waals surface area contributed by atoms with Crippen molar-refractivity contribution in [2.24, 2.45) is 5.92 Å². The predicted molar refractivity (Wildman–Crippen MR) is 40.4 cm³/mol. The van der Waals surface area contributed by atoms with Crippen molar-refractivity contribution in [2.45, 2.75) is 19.8 Å². The molecule has 0 spiro atoms. The van der Waals surface area contributed by atoms with Crippen molar-refractivity contribution in [3.05, 3.63) is 17.5 Å². The quantitative estimate of drug-likeness (QED) is 0.603. The molecule has 0 fully saturated rings. The Morgan fingerprint density at radius 1 is 1.64 bits per heavy atom. The third-order valence-electron chi connectivity index (χ3n) is 2.11. The van der Waals surface area contributed by atoms with Crippen molar-refractivity contribution in [2.75, 3.05) is 0 Å². The van der Waals surface area contributed by atoms with Crippen molar-refractivity contribution in [3.8, 4) is 0 Å². The number of hydrogen-bond donors (Lipinski definition) is 1. The van der Waals surface area contributed by atoms with Crippen LogP contribution in [0.4, 0.5) is 0 Å². The van der Waals surface area contributed by atoms with Gasteiger partial charge in [-0.15, -0.1) is 0 Å². The van der Waals surface area contributed by atoms with Crippen molar-refractivity contribution >= 4 is 5.78 Å². The van der Waals surface area contributed by atoms with Gasteiger partial charge in [-0.2, -0.15) is 5.10 Å². The molecule has 0 radical (unpaired) electrons. The number of nitrogens with zero attached hydrogens (tertiary/aromatic N) is 1. The van der Waals surface area contributed by atoms with E-state index in [-0.39, 0.29) is 5.78 Å². The summed E-state index contributed by atoms with van der Waals surface area (Å²) in [4.78, 5) is 11.3. The van der Waals surface area contributed by atoms with Gasteiger partial charge in [-0.05, 0) is 12.3 Å². The average molecular weight is 150 g/mol. The largest absolute Gasteiger partial charge is 0.294 e. The van der Waals surface area contributed by atoms with Gasteiger partial charge >= 0.3 is 0 Å². The van der Waals surface area contributed by atoms with Gasteiger partial charge in [0, 0.05) is 12.1 Å². The van der Waals surface area contributed by atoms with E-state index in [9.17, 15) is 4.79 Å². The second-order valence-corrected chi connectivity index (χ2v) is 3.20. The Hall–Kier alpha value is -1.12. The fourth-order valence-electron chi connectivity index (χ4n) is 1.56. The average Bonchev–Trinajstić information content (AvgIpc) is 2.34. The van der Waals surface area contributed by atoms with E-state index in [0.29, 0.717) is 12.3 Å². The van der Waals surface area contributed by atoms with Crippen LogP contribution in [-0.2, 0) is 6.42 Å². The number of aromatic nitrogens is 2. The number of Topliss-reactive ketones (excluding diaryl/α,β-unsaturated/α-hetero) is 1. The van der Waals surface area contributed by atoms with Crippen LogP contribution in [0.2, 0.25) is 0 Å². The van der Waals surface area contributed by atoms with E-state index in [1.165, 1.54) is 0 Å². The summed E-state index contributed by atoms with van der Waals surface area (Å²) in [6.45, 7) is 2.08. The molecule has 1 atom stereocenters. The molecule has 0 bridgehead atoms. The van der Waals surface area contributed by atoms with Gasteiger partial charge in [-0.1, -0.05) is 6.92 Å². The number of fused-ring (bicyclic) bond motifs is 1. The Morgan fingerprint density at radius 3 is 3.27 bits per heavy atom. The standard InChI is InChI=1S/C8H10N2O/c1-5-2-7-6(4-9-10-7)8(11)3-5/h4-5H,2-3H2,1H3,(H,9,10). The molecule has 1 aromatic rings. The summed E-state index contributed by atoms with van der Waals surface area (Å²) in [7, 11) is 0. The van der Waals surface area contributed by atoms with Crippen LogP contribution < -0.4 is 0 Å². The first-order chi connectivity index (χ1) is 5.27. The molecule has 0 amide bonds. The molecule has 1 aliphatic carbocycles. The molecular formula is C8H10N2O. The second-order valence-electron chi connectivity index (χ2n) is 3.20. The summed E-state index contributed by atoms with van der Waals surface area (Å²) in [5, 5.41) is 6.69. The summed E-state index contributed by atoms with van der Waals surface area (Å²) in [6, 6.07) is 0. The molecule has 1 aromatic heterocycles. The Labute approximate surface area is 64.8 Å². The number of rotatable bonds is 0. The molecule has 0 aliphatic heterocycles. The fraction of sp³-hybridized carbons (Fsp3) is 0.500. The Morgan fingerprint density at radius 2 is 2.45 bits per heavy atom. The van der Waals surface area contributed by atoms with E-state index < -0.39 is 0 Å². The SMILES string of the molecule is CC1CC(=O)c2cn[nH]c2C1. The molecule has 3 heteroatoms. The van der Waals surface area contributed by atoms with Crippen LogP contribution in [0.1, 0.15) is 29.4 Å². The number of aromatic amines is 1. The van der Waals surface area contributed by atoms with E-state index in [1.807, 2.05) is 0 Å². The number of hydrogen-bond acceptors (Lipinski definition) is 2. The topological polar surface area (TPSA) is 45.8 Å². The van der Waals surface area contributed by atoms with Crippen LogP contribution in [0.15, 0.2) is 6.20 Å². The molecule has 1 unspecified atom stereocenters. The van der Waals surface area contributed by atoms with Gasteiger partial charge < -0.3 is 0 Å². The molecule has 1 N–H and O–H groups in total. The summed E-state index contributed by atoms with van der Waals surface area (Å²) < 4.78 is 0. The monoisotopic (exact) mass is 150 g/mol. The molecule has 0 saturated carbocycles. The van der Waals surface area contributed by atoms with Crippen LogP contribution in [0.25, 0.3) is 0 Å².